The second-order valence-electron chi connectivity index (χ2n) is 4.16. The predicted molar refractivity (Wildman–Crippen MR) is 55.3 cm³/mol. The van der Waals surface area contributed by atoms with Crippen molar-refractivity contribution in [1.82, 2.24) is 9.97 Å². The summed E-state index contributed by atoms with van der Waals surface area (Å²) in [6, 6.07) is 0. The third-order valence-corrected chi connectivity index (χ3v) is 1.76. The van der Waals surface area contributed by atoms with E-state index in [1.165, 1.54) is 0 Å². The maximum absolute atomic E-state index is 5.78. The molecule has 0 spiro atoms. The standard InChI is InChI=1S/C10H17N3O/c1-7-8(2)13-9(5-12-7)14-6-10(3,4)11/h5H,6,11H2,1-4H3. The molecule has 0 atom stereocenters. The summed E-state index contributed by atoms with van der Waals surface area (Å²) in [5.74, 6) is 0.534. The zero-order valence-electron chi connectivity index (χ0n) is 9.16. The highest BCUT2D eigenvalue weighted by Crippen LogP contribution is 2.09. The van der Waals surface area contributed by atoms with Crippen LogP contribution in [0, 0.1) is 13.8 Å². The number of rotatable bonds is 3. The normalized spacial score (nSPS) is 11.5. The Morgan fingerprint density at radius 2 is 2.00 bits per heavy atom. The van der Waals surface area contributed by atoms with Gasteiger partial charge in [0.2, 0.25) is 5.88 Å². The lowest BCUT2D eigenvalue weighted by molar-refractivity contribution is 0.234. The molecule has 0 aliphatic heterocycles. The van der Waals surface area contributed by atoms with Crippen LogP contribution in [0.3, 0.4) is 0 Å². The lowest BCUT2D eigenvalue weighted by atomic mass is 10.1. The molecule has 0 radical (unpaired) electrons. The van der Waals surface area contributed by atoms with Gasteiger partial charge < -0.3 is 10.5 Å². The van der Waals surface area contributed by atoms with E-state index in [0.29, 0.717) is 12.5 Å². The van der Waals surface area contributed by atoms with Crippen molar-refractivity contribution in [3.63, 3.8) is 0 Å². The van der Waals surface area contributed by atoms with Crippen molar-refractivity contribution in [2.75, 3.05) is 6.61 Å². The van der Waals surface area contributed by atoms with E-state index < -0.39 is 0 Å². The van der Waals surface area contributed by atoms with Crippen LogP contribution in [0.4, 0.5) is 0 Å². The van der Waals surface area contributed by atoms with E-state index in [4.69, 9.17) is 10.5 Å². The van der Waals surface area contributed by atoms with Gasteiger partial charge in [0.25, 0.3) is 0 Å². The highest BCUT2D eigenvalue weighted by atomic mass is 16.5. The minimum Gasteiger partial charge on any atom is -0.475 e. The van der Waals surface area contributed by atoms with Crippen LogP contribution in [0.25, 0.3) is 0 Å². The molecule has 0 saturated carbocycles. The summed E-state index contributed by atoms with van der Waals surface area (Å²) >= 11 is 0. The lowest BCUT2D eigenvalue weighted by Gasteiger charge is -2.18. The van der Waals surface area contributed by atoms with E-state index >= 15 is 0 Å². The molecule has 0 amide bonds. The fourth-order valence-electron chi connectivity index (χ4n) is 0.850. The first-order chi connectivity index (χ1) is 6.38. The van der Waals surface area contributed by atoms with Crippen LogP contribution in [-0.4, -0.2) is 22.1 Å². The Morgan fingerprint density at radius 3 is 2.50 bits per heavy atom. The number of aromatic nitrogens is 2. The van der Waals surface area contributed by atoms with Crippen molar-refractivity contribution in [3.05, 3.63) is 17.6 Å². The van der Waals surface area contributed by atoms with Gasteiger partial charge in [-0.2, -0.15) is 0 Å². The van der Waals surface area contributed by atoms with Gasteiger partial charge in [0.15, 0.2) is 0 Å². The van der Waals surface area contributed by atoms with Gasteiger partial charge in [-0.15, -0.1) is 0 Å². The first-order valence-corrected chi connectivity index (χ1v) is 4.60. The van der Waals surface area contributed by atoms with Crippen LogP contribution in [0.1, 0.15) is 25.2 Å². The van der Waals surface area contributed by atoms with Crippen LogP contribution in [0.5, 0.6) is 5.88 Å². The summed E-state index contributed by atoms with van der Waals surface area (Å²) in [6.07, 6.45) is 1.62. The Hall–Kier alpha value is -1.16. The molecule has 1 aromatic rings. The molecular formula is C10H17N3O. The summed E-state index contributed by atoms with van der Waals surface area (Å²) in [5, 5.41) is 0. The SMILES string of the molecule is Cc1ncc(OCC(C)(C)N)nc1C. The Labute approximate surface area is 84.5 Å². The van der Waals surface area contributed by atoms with Gasteiger partial charge in [0.05, 0.1) is 17.6 Å². The molecule has 0 saturated heterocycles. The van der Waals surface area contributed by atoms with Gasteiger partial charge in [-0.1, -0.05) is 0 Å². The molecule has 0 bridgehead atoms. The van der Waals surface area contributed by atoms with Gasteiger partial charge in [-0.05, 0) is 27.7 Å². The maximum atomic E-state index is 5.78. The lowest BCUT2D eigenvalue weighted by Crippen LogP contribution is -2.38. The van der Waals surface area contributed by atoms with E-state index in [-0.39, 0.29) is 5.54 Å². The third-order valence-electron chi connectivity index (χ3n) is 1.76. The van der Waals surface area contributed by atoms with Crippen LogP contribution in [0.15, 0.2) is 6.20 Å². The number of hydrogen-bond acceptors (Lipinski definition) is 4. The fraction of sp³-hybridized carbons (Fsp3) is 0.600. The molecule has 4 nitrogen and oxygen atoms in total. The molecule has 2 N–H and O–H groups in total. The fourth-order valence-corrected chi connectivity index (χ4v) is 0.850. The average molecular weight is 195 g/mol. The second-order valence-corrected chi connectivity index (χ2v) is 4.16. The maximum Gasteiger partial charge on any atom is 0.232 e. The molecular weight excluding hydrogens is 178 g/mol. The van der Waals surface area contributed by atoms with Gasteiger partial charge in [-0.25, -0.2) is 4.98 Å². The summed E-state index contributed by atoms with van der Waals surface area (Å²) < 4.78 is 5.41. The number of ether oxygens (including phenoxy) is 1. The zero-order valence-corrected chi connectivity index (χ0v) is 9.16. The Morgan fingerprint density at radius 1 is 1.36 bits per heavy atom. The van der Waals surface area contributed by atoms with E-state index in [2.05, 4.69) is 9.97 Å². The van der Waals surface area contributed by atoms with Crippen LogP contribution < -0.4 is 10.5 Å². The molecule has 0 aliphatic carbocycles. The van der Waals surface area contributed by atoms with Crippen molar-refractivity contribution in [2.24, 2.45) is 5.73 Å². The first kappa shape index (κ1) is 10.9. The molecule has 4 heteroatoms. The van der Waals surface area contributed by atoms with Crippen molar-refractivity contribution >= 4 is 0 Å². The molecule has 14 heavy (non-hydrogen) atoms. The predicted octanol–water partition coefficient (Wildman–Crippen LogP) is 1.21. The Bertz CT molecular complexity index is 318. The average Bonchev–Trinajstić information content (AvgIpc) is 2.06. The van der Waals surface area contributed by atoms with Gasteiger partial charge in [-0.3, -0.25) is 4.98 Å². The number of hydrogen-bond donors (Lipinski definition) is 1. The largest absolute Gasteiger partial charge is 0.475 e. The van der Waals surface area contributed by atoms with E-state index in [0.717, 1.165) is 11.4 Å². The third kappa shape index (κ3) is 3.30. The molecule has 1 aromatic heterocycles. The quantitative estimate of drug-likeness (QED) is 0.787. The highest BCUT2D eigenvalue weighted by molar-refractivity contribution is 5.14. The summed E-state index contributed by atoms with van der Waals surface area (Å²) in [5.41, 5.74) is 7.24. The van der Waals surface area contributed by atoms with E-state index in [1.807, 2.05) is 27.7 Å². The van der Waals surface area contributed by atoms with Crippen LogP contribution >= 0.6 is 0 Å². The molecule has 0 unspecified atom stereocenters. The molecule has 0 fully saturated rings. The topological polar surface area (TPSA) is 61.0 Å². The number of nitrogens with two attached hydrogens (primary N) is 1. The summed E-state index contributed by atoms with van der Waals surface area (Å²) in [4.78, 5) is 8.39. The summed E-state index contributed by atoms with van der Waals surface area (Å²) in [6.45, 7) is 8.06. The highest BCUT2D eigenvalue weighted by Gasteiger charge is 2.12. The minimum atomic E-state index is -0.347. The van der Waals surface area contributed by atoms with Crippen molar-refractivity contribution < 1.29 is 4.74 Å². The van der Waals surface area contributed by atoms with Crippen LogP contribution in [0.2, 0.25) is 0 Å². The van der Waals surface area contributed by atoms with Gasteiger partial charge in [0.1, 0.15) is 6.61 Å². The van der Waals surface area contributed by atoms with Crippen LogP contribution in [-0.2, 0) is 0 Å². The zero-order chi connectivity index (χ0) is 10.8. The second kappa shape index (κ2) is 3.92. The molecule has 1 heterocycles. The summed E-state index contributed by atoms with van der Waals surface area (Å²) in [7, 11) is 0. The minimum absolute atomic E-state index is 0.347. The Kier molecular flexibility index (Phi) is 3.06. The first-order valence-electron chi connectivity index (χ1n) is 4.60. The number of aryl methyl sites for hydroxylation is 2. The molecule has 78 valence electrons. The molecule has 0 aliphatic rings. The molecule has 1 rings (SSSR count). The van der Waals surface area contributed by atoms with Crippen molar-refractivity contribution in [1.29, 1.82) is 0 Å². The van der Waals surface area contributed by atoms with Gasteiger partial charge >= 0.3 is 0 Å². The van der Waals surface area contributed by atoms with Gasteiger partial charge in [0, 0.05) is 5.54 Å². The van der Waals surface area contributed by atoms with E-state index in [9.17, 15) is 0 Å². The monoisotopic (exact) mass is 195 g/mol. The Balaban J connectivity index is 2.65. The van der Waals surface area contributed by atoms with E-state index in [1.54, 1.807) is 6.20 Å². The number of nitrogens with zero attached hydrogens (tertiary/aromatic N) is 2. The van der Waals surface area contributed by atoms with Crippen molar-refractivity contribution in [3.8, 4) is 5.88 Å². The smallest absolute Gasteiger partial charge is 0.232 e. The molecule has 0 aromatic carbocycles. The van der Waals surface area contributed by atoms with Crippen molar-refractivity contribution in [2.45, 2.75) is 33.2 Å².